The third-order valence-corrected chi connectivity index (χ3v) is 3.06. The Balaban J connectivity index is 2.20. The van der Waals surface area contributed by atoms with Crippen molar-refractivity contribution in [3.05, 3.63) is 53.6 Å². The van der Waals surface area contributed by atoms with Crippen LogP contribution in [0.2, 0.25) is 0 Å². The van der Waals surface area contributed by atoms with Crippen molar-refractivity contribution in [2.75, 3.05) is 13.7 Å². The van der Waals surface area contributed by atoms with Gasteiger partial charge in [-0.15, -0.1) is 0 Å². The molecule has 0 radical (unpaired) electrons. The molecule has 0 aliphatic heterocycles. The van der Waals surface area contributed by atoms with Gasteiger partial charge in [-0.05, 0) is 56.3 Å². The van der Waals surface area contributed by atoms with Crippen LogP contribution in [-0.2, 0) is 6.54 Å². The number of ether oxygens (including phenoxy) is 2. The molecule has 2 rings (SSSR count). The van der Waals surface area contributed by atoms with E-state index in [1.807, 2.05) is 44.3 Å². The molecule has 20 heavy (non-hydrogen) atoms. The molecule has 0 saturated heterocycles. The SMILES string of the molecule is CCOc1ccccc1Oc1ccc(CNC)c(C)c1. The van der Waals surface area contributed by atoms with E-state index in [1.165, 1.54) is 11.1 Å². The predicted octanol–water partition coefficient (Wildman–Crippen LogP) is 3.91. The van der Waals surface area contributed by atoms with Gasteiger partial charge in [0.05, 0.1) is 6.61 Å². The predicted molar refractivity (Wildman–Crippen MR) is 81.6 cm³/mol. The van der Waals surface area contributed by atoms with Crippen LogP contribution in [-0.4, -0.2) is 13.7 Å². The van der Waals surface area contributed by atoms with Gasteiger partial charge in [0.25, 0.3) is 0 Å². The first-order valence-corrected chi connectivity index (χ1v) is 6.88. The molecule has 3 nitrogen and oxygen atoms in total. The summed E-state index contributed by atoms with van der Waals surface area (Å²) < 4.78 is 11.5. The maximum atomic E-state index is 5.93. The molecule has 3 heteroatoms. The minimum absolute atomic E-state index is 0.626. The Hall–Kier alpha value is -2.00. The minimum Gasteiger partial charge on any atom is -0.490 e. The summed E-state index contributed by atoms with van der Waals surface area (Å²) in [5.41, 5.74) is 2.49. The Bertz CT molecular complexity index is 567. The van der Waals surface area contributed by atoms with Crippen molar-refractivity contribution in [3.63, 3.8) is 0 Å². The van der Waals surface area contributed by atoms with Crippen molar-refractivity contribution >= 4 is 0 Å². The van der Waals surface area contributed by atoms with Gasteiger partial charge in [0.15, 0.2) is 11.5 Å². The number of para-hydroxylation sites is 2. The molecule has 1 N–H and O–H groups in total. The molecule has 106 valence electrons. The number of rotatable bonds is 6. The monoisotopic (exact) mass is 271 g/mol. The van der Waals surface area contributed by atoms with Gasteiger partial charge >= 0.3 is 0 Å². The van der Waals surface area contributed by atoms with Crippen LogP contribution in [0.25, 0.3) is 0 Å². The second-order valence-electron chi connectivity index (χ2n) is 4.60. The van der Waals surface area contributed by atoms with Gasteiger partial charge in [0, 0.05) is 6.54 Å². The molecule has 0 unspecified atom stereocenters. The Morgan fingerprint density at radius 2 is 1.80 bits per heavy atom. The van der Waals surface area contributed by atoms with Crippen molar-refractivity contribution in [2.45, 2.75) is 20.4 Å². The van der Waals surface area contributed by atoms with Gasteiger partial charge in [-0.2, -0.15) is 0 Å². The maximum absolute atomic E-state index is 5.93. The number of hydrogen-bond acceptors (Lipinski definition) is 3. The number of benzene rings is 2. The van der Waals surface area contributed by atoms with Gasteiger partial charge in [-0.25, -0.2) is 0 Å². The third-order valence-electron chi connectivity index (χ3n) is 3.06. The summed E-state index contributed by atoms with van der Waals surface area (Å²) in [4.78, 5) is 0. The van der Waals surface area contributed by atoms with Crippen LogP contribution in [0.5, 0.6) is 17.2 Å². The van der Waals surface area contributed by atoms with Gasteiger partial charge in [-0.3, -0.25) is 0 Å². The Morgan fingerprint density at radius 3 is 2.45 bits per heavy atom. The lowest BCUT2D eigenvalue weighted by atomic mass is 10.1. The second-order valence-corrected chi connectivity index (χ2v) is 4.60. The van der Waals surface area contributed by atoms with Crippen LogP contribution in [0, 0.1) is 6.92 Å². The Kier molecular flexibility index (Phi) is 5.02. The minimum atomic E-state index is 0.626. The molecule has 0 aliphatic carbocycles. The fourth-order valence-corrected chi connectivity index (χ4v) is 2.06. The van der Waals surface area contributed by atoms with E-state index in [1.54, 1.807) is 0 Å². The molecule has 0 saturated carbocycles. The van der Waals surface area contributed by atoms with Crippen molar-refractivity contribution < 1.29 is 9.47 Å². The van der Waals surface area contributed by atoms with E-state index < -0.39 is 0 Å². The second kappa shape index (κ2) is 6.96. The van der Waals surface area contributed by atoms with Crippen LogP contribution in [0.15, 0.2) is 42.5 Å². The van der Waals surface area contributed by atoms with Gasteiger partial charge in [0.1, 0.15) is 5.75 Å². The highest BCUT2D eigenvalue weighted by molar-refractivity contribution is 5.44. The van der Waals surface area contributed by atoms with Gasteiger partial charge < -0.3 is 14.8 Å². The third kappa shape index (κ3) is 3.52. The van der Waals surface area contributed by atoms with Gasteiger partial charge in [-0.1, -0.05) is 18.2 Å². The van der Waals surface area contributed by atoms with Crippen molar-refractivity contribution in [2.24, 2.45) is 0 Å². The molecule has 2 aromatic carbocycles. The fraction of sp³-hybridized carbons (Fsp3) is 0.294. The maximum Gasteiger partial charge on any atom is 0.169 e. The first-order valence-electron chi connectivity index (χ1n) is 6.88. The molecule has 0 heterocycles. The molecule has 0 aliphatic rings. The fourth-order valence-electron chi connectivity index (χ4n) is 2.06. The summed E-state index contributed by atoms with van der Waals surface area (Å²) in [7, 11) is 1.95. The molecule has 0 bridgehead atoms. The van der Waals surface area contributed by atoms with Crippen LogP contribution in [0.1, 0.15) is 18.1 Å². The first-order chi connectivity index (χ1) is 9.74. The molecule has 0 spiro atoms. The zero-order chi connectivity index (χ0) is 14.4. The molecule has 0 amide bonds. The number of aryl methyl sites for hydroxylation is 1. The van der Waals surface area contributed by atoms with Crippen LogP contribution in [0.4, 0.5) is 0 Å². The average Bonchev–Trinajstić information content (AvgIpc) is 2.44. The lowest BCUT2D eigenvalue weighted by molar-refractivity contribution is 0.321. The van der Waals surface area contributed by atoms with E-state index in [0.717, 1.165) is 23.8 Å². The lowest BCUT2D eigenvalue weighted by Gasteiger charge is -2.13. The summed E-state index contributed by atoms with van der Waals surface area (Å²) >= 11 is 0. The highest BCUT2D eigenvalue weighted by Gasteiger charge is 2.06. The molecular formula is C17H21NO2. The standard InChI is InChI=1S/C17H21NO2/c1-4-19-16-7-5-6-8-17(16)20-15-10-9-14(12-18-3)13(2)11-15/h5-11,18H,4,12H2,1-3H3. The molecular weight excluding hydrogens is 250 g/mol. The van der Waals surface area contributed by atoms with E-state index >= 15 is 0 Å². The van der Waals surface area contributed by atoms with E-state index in [9.17, 15) is 0 Å². The molecule has 0 atom stereocenters. The summed E-state index contributed by atoms with van der Waals surface area (Å²) in [5.74, 6) is 2.34. The summed E-state index contributed by atoms with van der Waals surface area (Å²) in [6.07, 6.45) is 0. The van der Waals surface area contributed by atoms with E-state index in [0.29, 0.717) is 6.61 Å². The van der Waals surface area contributed by atoms with Crippen molar-refractivity contribution in [1.82, 2.24) is 5.32 Å². The average molecular weight is 271 g/mol. The summed E-state index contributed by atoms with van der Waals surface area (Å²) in [6.45, 7) is 5.55. The number of nitrogens with one attached hydrogen (secondary N) is 1. The highest BCUT2D eigenvalue weighted by atomic mass is 16.5. The largest absolute Gasteiger partial charge is 0.490 e. The van der Waals surface area contributed by atoms with Gasteiger partial charge in [0.2, 0.25) is 0 Å². The Labute approximate surface area is 120 Å². The zero-order valence-electron chi connectivity index (χ0n) is 12.3. The Morgan fingerprint density at radius 1 is 1.05 bits per heavy atom. The number of hydrogen-bond donors (Lipinski definition) is 1. The van der Waals surface area contributed by atoms with Crippen LogP contribution in [0.3, 0.4) is 0 Å². The van der Waals surface area contributed by atoms with E-state index in [4.69, 9.17) is 9.47 Å². The lowest BCUT2D eigenvalue weighted by Crippen LogP contribution is -2.06. The van der Waals surface area contributed by atoms with Crippen molar-refractivity contribution in [3.8, 4) is 17.2 Å². The smallest absolute Gasteiger partial charge is 0.169 e. The molecule has 2 aromatic rings. The summed E-state index contributed by atoms with van der Waals surface area (Å²) in [6, 6.07) is 13.9. The van der Waals surface area contributed by atoms with Crippen molar-refractivity contribution in [1.29, 1.82) is 0 Å². The summed E-state index contributed by atoms with van der Waals surface area (Å²) in [5, 5.41) is 3.16. The molecule has 0 aromatic heterocycles. The van der Waals surface area contributed by atoms with E-state index in [-0.39, 0.29) is 0 Å². The topological polar surface area (TPSA) is 30.5 Å². The van der Waals surface area contributed by atoms with E-state index in [2.05, 4.69) is 24.4 Å². The van der Waals surface area contributed by atoms with Crippen LogP contribution < -0.4 is 14.8 Å². The highest BCUT2D eigenvalue weighted by Crippen LogP contribution is 2.31. The molecule has 0 fully saturated rings. The van der Waals surface area contributed by atoms with Crippen LogP contribution >= 0.6 is 0 Å². The zero-order valence-corrected chi connectivity index (χ0v) is 12.3. The first kappa shape index (κ1) is 14.4. The quantitative estimate of drug-likeness (QED) is 0.864. The normalized spacial score (nSPS) is 10.3.